The third-order valence-electron chi connectivity index (χ3n) is 4.18. The van der Waals surface area contributed by atoms with E-state index in [9.17, 15) is 4.79 Å². The van der Waals surface area contributed by atoms with Crippen LogP contribution in [0.4, 0.5) is 5.69 Å². The Morgan fingerprint density at radius 3 is 2.22 bits per heavy atom. The lowest BCUT2D eigenvalue weighted by atomic mass is 10.1. The molecule has 3 rings (SSSR count). The number of nitrogens with one attached hydrogen (secondary N) is 1. The minimum absolute atomic E-state index is 0.220. The van der Waals surface area contributed by atoms with Gasteiger partial charge in [0.15, 0.2) is 0 Å². The van der Waals surface area contributed by atoms with E-state index in [4.69, 9.17) is 0 Å². The number of hydrogen-bond donors (Lipinski definition) is 1. The van der Waals surface area contributed by atoms with E-state index in [1.54, 1.807) is 0 Å². The first kappa shape index (κ1) is 11.5. The maximum absolute atomic E-state index is 12.2. The number of anilines is 1. The summed E-state index contributed by atoms with van der Waals surface area (Å²) >= 11 is 0. The van der Waals surface area contributed by atoms with Crippen LogP contribution in [0.2, 0.25) is 0 Å². The number of carbonyl (C=O) groups excluding carboxylic acids is 1. The van der Waals surface area contributed by atoms with Gasteiger partial charge in [-0.05, 0) is 49.7 Å². The fraction of sp³-hybridized carbons (Fsp3) is 0.438. The smallest absolute Gasteiger partial charge is 0.228 e. The molecule has 1 saturated carbocycles. The van der Waals surface area contributed by atoms with Crippen LogP contribution in [0.3, 0.4) is 0 Å². The molecular formula is C16H19NO. The first-order chi connectivity index (χ1) is 8.86. The Hall–Kier alpha value is -1.57. The lowest BCUT2D eigenvalue weighted by Gasteiger charge is -2.04. The summed E-state index contributed by atoms with van der Waals surface area (Å²) in [5, 5.41) is 3.04. The van der Waals surface area contributed by atoms with Crippen LogP contribution >= 0.6 is 0 Å². The van der Waals surface area contributed by atoms with Crippen molar-refractivity contribution in [2.45, 2.75) is 25.7 Å². The Balaban J connectivity index is 1.61. The summed E-state index contributed by atoms with van der Waals surface area (Å²) in [7, 11) is 0. The molecule has 2 aliphatic rings. The predicted molar refractivity (Wildman–Crippen MR) is 73.1 cm³/mol. The van der Waals surface area contributed by atoms with Gasteiger partial charge in [0.25, 0.3) is 0 Å². The maximum Gasteiger partial charge on any atom is 0.228 e. The summed E-state index contributed by atoms with van der Waals surface area (Å²) in [6, 6.07) is 9.77. The monoisotopic (exact) mass is 241 g/mol. The van der Waals surface area contributed by atoms with E-state index in [2.05, 4.69) is 17.5 Å². The minimum atomic E-state index is 0.220. The normalized spacial score (nSPS) is 29.9. The summed E-state index contributed by atoms with van der Waals surface area (Å²) < 4.78 is 0. The second kappa shape index (κ2) is 4.97. The van der Waals surface area contributed by atoms with Crippen LogP contribution in [0, 0.1) is 17.8 Å². The van der Waals surface area contributed by atoms with Crippen LogP contribution in [0.5, 0.6) is 0 Å². The molecule has 2 heteroatoms. The average Bonchev–Trinajstić information content (AvgIpc) is 3.02. The topological polar surface area (TPSA) is 29.1 Å². The van der Waals surface area contributed by atoms with E-state index in [1.807, 2.05) is 30.3 Å². The van der Waals surface area contributed by atoms with Crippen LogP contribution in [-0.4, -0.2) is 5.91 Å². The maximum atomic E-state index is 12.2. The van der Waals surface area contributed by atoms with Crippen molar-refractivity contribution in [1.29, 1.82) is 0 Å². The third-order valence-corrected chi connectivity index (χ3v) is 4.18. The van der Waals surface area contributed by atoms with Gasteiger partial charge in [-0.15, -0.1) is 0 Å². The number of benzene rings is 1. The number of para-hydroxylation sites is 1. The highest BCUT2D eigenvalue weighted by atomic mass is 16.2. The zero-order valence-electron chi connectivity index (χ0n) is 10.5. The molecule has 0 aromatic heterocycles. The van der Waals surface area contributed by atoms with Crippen molar-refractivity contribution in [3.8, 4) is 0 Å². The molecule has 0 radical (unpaired) electrons. The molecule has 0 spiro atoms. The van der Waals surface area contributed by atoms with Gasteiger partial charge in [-0.1, -0.05) is 30.4 Å². The van der Waals surface area contributed by atoms with Crippen molar-refractivity contribution < 1.29 is 4.79 Å². The Morgan fingerprint density at radius 2 is 1.61 bits per heavy atom. The molecule has 94 valence electrons. The van der Waals surface area contributed by atoms with E-state index in [-0.39, 0.29) is 11.8 Å². The van der Waals surface area contributed by atoms with Gasteiger partial charge in [0, 0.05) is 11.6 Å². The van der Waals surface area contributed by atoms with Gasteiger partial charge in [-0.25, -0.2) is 0 Å². The number of carbonyl (C=O) groups is 1. The summed E-state index contributed by atoms with van der Waals surface area (Å²) in [6.07, 6.45) is 9.15. The molecule has 1 aromatic carbocycles. The van der Waals surface area contributed by atoms with Crippen LogP contribution in [0.1, 0.15) is 25.7 Å². The van der Waals surface area contributed by atoms with Gasteiger partial charge >= 0.3 is 0 Å². The van der Waals surface area contributed by atoms with E-state index < -0.39 is 0 Å². The van der Waals surface area contributed by atoms with Crippen LogP contribution in [-0.2, 0) is 4.79 Å². The summed E-state index contributed by atoms with van der Waals surface area (Å²) in [5.41, 5.74) is 0.917. The van der Waals surface area contributed by atoms with E-state index in [1.165, 1.54) is 12.8 Å². The van der Waals surface area contributed by atoms with Crippen molar-refractivity contribution in [3.63, 3.8) is 0 Å². The fourth-order valence-electron chi connectivity index (χ4n) is 3.18. The molecule has 0 heterocycles. The lowest BCUT2D eigenvalue weighted by Crippen LogP contribution is -2.15. The van der Waals surface area contributed by atoms with Crippen molar-refractivity contribution in [2.24, 2.45) is 17.8 Å². The van der Waals surface area contributed by atoms with Crippen molar-refractivity contribution in [2.75, 3.05) is 5.32 Å². The minimum Gasteiger partial charge on any atom is -0.326 e. The molecule has 2 nitrogen and oxygen atoms in total. The fourth-order valence-corrected chi connectivity index (χ4v) is 3.18. The molecule has 0 saturated heterocycles. The standard InChI is InChI=1S/C16H19NO/c18-16(17-12-8-4-3-5-9-12)15-13-10-6-1-2-7-11-14(13)15/h1-5,8-9,13-15H,6-7,10-11H2,(H,17,18)/t13-,14-/m1/s1. The quantitative estimate of drug-likeness (QED) is 0.787. The van der Waals surface area contributed by atoms with Gasteiger partial charge in [-0.3, -0.25) is 4.79 Å². The van der Waals surface area contributed by atoms with Gasteiger partial charge in [0.2, 0.25) is 5.91 Å². The van der Waals surface area contributed by atoms with E-state index in [0.717, 1.165) is 18.5 Å². The van der Waals surface area contributed by atoms with Gasteiger partial charge in [0.05, 0.1) is 0 Å². The summed E-state index contributed by atoms with van der Waals surface area (Å²) in [4.78, 5) is 12.2. The summed E-state index contributed by atoms with van der Waals surface area (Å²) in [6.45, 7) is 0. The number of amides is 1. The Kier molecular flexibility index (Phi) is 3.18. The van der Waals surface area contributed by atoms with Gasteiger partial charge in [-0.2, -0.15) is 0 Å². The molecule has 1 fully saturated rings. The Labute approximate surface area is 108 Å². The SMILES string of the molecule is O=C(Nc1ccccc1)C1[C@@H]2CCC=CCC[C@@H]12. The first-order valence-corrected chi connectivity index (χ1v) is 6.87. The van der Waals surface area contributed by atoms with Gasteiger partial charge in [0.1, 0.15) is 0 Å². The molecule has 18 heavy (non-hydrogen) atoms. The molecular weight excluding hydrogens is 222 g/mol. The van der Waals surface area contributed by atoms with Gasteiger partial charge < -0.3 is 5.32 Å². The number of fused-ring (bicyclic) bond motifs is 1. The highest BCUT2D eigenvalue weighted by molar-refractivity contribution is 5.94. The second-order valence-corrected chi connectivity index (χ2v) is 5.33. The molecule has 0 aliphatic heterocycles. The molecule has 2 atom stereocenters. The zero-order valence-corrected chi connectivity index (χ0v) is 10.5. The zero-order chi connectivity index (χ0) is 12.4. The van der Waals surface area contributed by atoms with Crippen molar-refractivity contribution in [3.05, 3.63) is 42.5 Å². The summed E-state index contributed by atoms with van der Waals surface area (Å²) in [5.74, 6) is 1.72. The first-order valence-electron chi connectivity index (χ1n) is 6.87. The highest BCUT2D eigenvalue weighted by Gasteiger charge is 2.53. The van der Waals surface area contributed by atoms with E-state index >= 15 is 0 Å². The molecule has 1 amide bonds. The van der Waals surface area contributed by atoms with Crippen LogP contribution in [0.25, 0.3) is 0 Å². The largest absolute Gasteiger partial charge is 0.326 e. The Morgan fingerprint density at radius 1 is 1.00 bits per heavy atom. The molecule has 1 N–H and O–H groups in total. The molecule has 0 bridgehead atoms. The van der Waals surface area contributed by atoms with Crippen molar-refractivity contribution in [1.82, 2.24) is 0 Å². The Bertz CT molecular complexity index is 435. The second-order valence-electron chi connectivity index (χ2n) is 5.33. The number of rotatable bonds is 2. The van der Waals surface area contributed by atoms with Crippen molar-refractivity contribution >= 4 is 11.6 Å². The highest BCUT2D eigenvalue weighted by Crippen LogP contribution is 2.53. The van der Waals surface area contributed by atoms with E-state index in [0.29, 0.717) is 11.8 Å². The lowest BCUT2D eigenvalue weighted by molar-refractivity contribution is -0.117. The average molecular weight is 241 g/mol. The molecule has 2 aliphatic carbocycles. The molecule has 0 unspecified atom stereocenters. The third kappa shape index (κ3) is 2.33. The predicted octanol–water partition coefficient (Wildman–Crippen LogP) is 3.62. The van der Waals surface area contributed by atoms with Crippen LogP contribution in [0.15, 0.2) is 42.5 Å². The van der Waals surface area contributed by atoms with Crippen LogP contribution < -0.4 is 5.32 Å². The number of hydrogen-bond acceptors (Lipinski definition) is 1. The number of allylic oxidation sites excluding steroid dienone is 2. The molecule has 1 aromatic rings.